The maximum Gasteiger partial charge on any atom is 0.146 e. The number of hydrogen-bond donors (Lipinski definition) is 1. The van der Waals surface area contributed by atoms with Gasteiger partial charge in [0.2, 0.25) is 0 Å². The number of nitriles is 1. The maximum atomic E-state index is 9.10. The highest BCUT2D eigenvalue weighted by Gasteiger charge is 2.12. The van der Waals surface area contributed by atoms with Crippen molar-refractivity contribution >= 4 is 5.82 Å². The number of aryl methyl sites for hydroxylation is 1. The van der Waals surface area contributed by atoms with Crippen molar-refractivity contribution in [3.63, 3.8) is 0 Å². The van der Waals surface area contributed by atoms with Crippen molar-refractivity contribution in [2.45, 2.75) is 20.3 Å². The van der Waals surface area contributed by atoms with E-state index >= 15 is 0 Å². The first kappa shape index (κ1) is 12.5. The monoisotopic (exact) mass is 219 g/mol. The molecule has 0 spiro atoms. The van der Waals surface area contributed by atoms with E-state index < -0.39 is 0 Å². The van der Waals surface area contributed by atoms with Crippen molar-refractivity contribution in [2.24, 2.45) is 0 Å². The average Bonchev–Trinajstić information content (AvgIpc) is 2.30. The molecule has 0 aliphatic rings. The fraction of sp³-hybridized carbons (Fsp3) is 0.500. The second-order valence-electron chi connectivity index (χ2n) is 3.60. The molecule has 1 aromatic heterocycles. The summed E-state index contributed by atoms with van der Waals surface area (Å²) in [4.78, 5) is 6.27. The Morgan fingerprint density at radius 2 is 2.31 bits per heavy atom. The van der Waals surface area contributed by atoms with Gasteiger partial charge in [0.15, 0.2) is 0 Å². The molecule has 0 aliphatic heterocycles. The predicted octanol–water partition coefficient (Wildman–Crippen LogP) is 1.47. The summed E-state index contributed by atoms with van der Waals surface area (Å²) < 4.78 is 0. The molecule has 0 aromatic carbocycles. The SMILES string of the molecule is CCN(CCCO)c1nccc(C)c1C#N. The molecule has 0 saturated heterocycles. The number of hydrogen-bond acceptors (Lipinski definition) is 4. The summed E-state index contributed by atoms with van der Waals surface area (Å²) in [6, 6.07) is 4.02. The minimum Gasteiger partial charge on any atom is -0.396 e. The second-order valence-corrected chi connectivity index (χ2v) is 3.60. The van der Waals surface area contributed by atoms with E-state index in [4.69, 9.17) is 10.4 Å². The van der Waals surface area contributed by atoms with Crippen LogP contribution in [0.25, 0.3) is 0 Å². The lowest BCUT2D eigenvalue weighted by molar-refractivity contribution is 0.289. The molecule has 86 valence electrons. The van der Waals surface area contributed by atoms with E-state index in [2.05, 4.69) is 11.1 Å². The smallest absolute Gasteiger partial charge is 0.146 e. The van der Waals surface area contributed by atoms with Gasteiger partial charge in [-0.05, 0) is 31.9 Å². The number of aliphatic hydroxyl groups is 1. The van der Waals surface area contributed by atoms with Crippen LogP contribution in [0.2, 0.25) is 0 Å². The third-order valence-corrected chi connectivity index (χ3v) is 2.52. The Kier molecular flexibility index (Phi) is 4.74. The van der Waals surface area contributed by atoms with Gasteiger partial charge >= 0.3 is 0 Å². The zero-order chi connectivity index (χ0) is 12.0. The number of pyridine rings is 1. The molecule has 4 nitrogen and oxygen atoms in total. The van der Waals surface area contributed by atoms with Crippen LogP contribution >= 0.6 is 0 Å². The van der Waals surface area contributed by atoms with Crippen molar-refractivity contribution in [3.05, 3.63) is 23.4 Å². The topological polar surface area (TPSA) is 60.1 Å². The van der Waals surface area contributed by atoms with Crippen LogP contribution in [0.3, 0.4) is 0 Å². The van der Waals surface area contributed by atoms with E-state index in [-0.39, 0.29) is 6.61 Å². The highest BCUT2D eigenvalue weighted by atomic mass is 16.3. The van der Waals surface area contributed by atoms with Crippen LogP contribution in [0.1, 0.15) is 24.5 Å². The van der Waals surface area contributed by atoms with Gasteiger partial charge in [-0.2, -0.15) is 5.26 Å². The first-order valence-electron chi connectivity index (χ1n) is 5.46. The lowest BCUT2D eigenvalue weighted by Crippen LogP contribution is -2.26. The van der Waals surface area contributed by atoms with Crippen molar-refractivity contribution in [3.8, 4) is 6.07 Å². The molecule has 0 bridgehead atoms. The van der Waals surface area contributed by atoms with Gasteiger partial charge in [-0.3, -0.25) is 0 Å². The standard InChI is InChI=1S/C12H17N3O/c1-3-15(7-4-8-16)12-11(9-13)10(2)5-6-14-12/h5-6,16H,3-4,7-8H2,1-2H3. The fourth-order valence-corrected chi connectivity index (χ4v) is 1.60. The Hall–Kier alpha value is -1.60. The van der Waals surface area contributed by atoms with Crippen molar-refractivity contribution in [1.29, 1.82) is 5.26 Å². The molecule has 1 heterocycles. The van der Waals surface area contributed by atoms with Crippen LogP contribution in [0.4, 0.5) is 5.82 Å². The zero-order valence-corrected chi connectivity index (χ0v) is 9.77. The molecule has 0 aliphatic carbocycles. The van der Waals surface area contributed by atoms with Crippen LogP contribution in [0, 0.1) is 18.3 Å². The summed E-state index contributed by atoms with van der Waals surface area (Å²) in [6.45, 7) is 5.58. The molecular weight excluding hydrogens is 202 g/mol. The van der Waals surface area contributed by atoms with Crippen LogP contribution in [0.5, 0.6) is 0 Å². The number of nitrogens with zero attached hydrogens (tertiary/aromatic N) is 3. The summed E-state index contributed by atoms with van der Waals surface area (Å²) >= 11 is 0. The molecular formula is C12H17N3O. The van der Waals surface area contributed by atoms with Crippen molar-refractivity contribution < 1.29 is 5.11 Å². The fourth-order valence-electron chi connectivity index (χ4n) is 1.60. The largest absolute Gasteiger partial charge is 0.396 e. The summed E-state index contributed by atoms with van der Waals surface area (Å²) in [5.74, 6) is 0.721. The third-order valence-electron chi connectivity index (χ3n) is 2.52. The van der Waals surface area contributed by atoms with Gasteiger partial charge in [-0.25, -0.2) is 4.98 Å². The molecule has 16 heavy (non-hydrogen) atoms. The van der Waals surface area contributed by atoms with Gasteiger partial charge in [0.1, 0.15) is 11.9 Å². The van der Waals surface area contributed by atoms with E-state index in [0.717, 1.165) is 24.5 Å². The summed E-state index contributed by atoms with van der Waals surface area (Å²) in [5, 5.41) is 17.9. The molecule has 1 rings (SSSR count). The number of aromatic nitrogens is 1. The Morgan fingerprint density at radius 1 is 1.56 bits per heavy atom. The van der Waals surface area contributed by atoms with Gasteiger partial charge in [0.25, 0.3) is 0 Å². The average molecular weight is 219 g/mol. The molecule has 0 radical (unpaired) electrons. The Bertz CT molecular complexity index is 384. The first-order valence-corrected chi connectivity index (χ1v) is 5.46. The second kappa shape index (κ2) is 6.09. The number of rotatable bonds is 5. The molecule has 0 atom stereocenters. The van der Waals surface area contributed by atoms with Crippen LogP contribution in [-0.4, -0.2) is 29.8 Å². The number of aliphatic hydroxyl groups excluding tert-OH is 1. The Labute approximate surface area is 96.2 Å². The molecule has 0 fully saturated rings. The zero-order valence-electron chi connectivity index (χ0n) is 9.77. The Morgan fingerprint density at radius 3 is 2.88 bits per heavy atom. The molecule has 4 heteroatoms. The van der Waals surface area contributed by atoms with Gasteiger partial charge in [-0.1, -0.05) is 0 Å². The summed E-state index contributed by atoms with van der Waals surface area (Å²) in [6.07, 6.45) is 2.40. The van der Waals surface area contributed by atoms with Gasteiger partial charge in [0, 0.05) is 25.9 Å². The maximum absolute atomic E-state index is 9.10. The van der Waals surface area contributed by atoms with E-state index in [1.165, 1.54) is 0 Å². The van der Waals surface area contributed by atoms with E-state index in [1.807, 2.05) is 24.8 Å². The summed E-state index contributed by atoms with van der Waals surface area (Å²) in [7, 11) is 0. The van der Waals surface area contributed by atoms with Crippen molar-refractivity contribution in [1.82, 2.24) is 4.98 Å². The molecule has 1 N–H and O–H groups in total. The molecule has 0 unspecified atom stereocenters. The summed E-state index contributed by atoms with van der Waals surface area (Å²) in [5.41, 5.74) is 1.57. The molecule has 0 amide bonds. The quantitative estimate of drug-likeness (QED) is 0.814. The van der Waals surface area contributed by atoms with E-state index in [0.29, 0.717) is 12.0 Å². The first-order chi connectivity index (χ1) is 7.74. The van der Waals surface area contributed by atoms with Crippen LogP contribution < -0.4 is 4.90 Å². The van der Waals surface area contributed by atoms with Gasteiger partial charge < -0.3 is 10.0 Å². The predicted molar refractivity (Wildman–Crippen MR) is 63.3 cm³/mol. The normalized spacial score (nSPS) is 9.88. The number of anilines is 1. The van der Waals surface area contributed by atoms with Crippen LogP contribution in [-0.2, 0) is 0 Å². The minimum atomic E-state index is 0.157. The minimum absolute atomic E-state index is 0.157. The highest BCUT2D eigenvalue weighted by Crippen LogP contribution is 2.19. The van der Waals surface area contributed by atoms with Gasteiger partial charge in [-0.15, -0.1) is 0 Å². The lowest BCUT2D eigenvalue weighted by atomic mass is 10.1. The molecule has 0 saturated carbocycles. The third kappa shape index (κ3) is 2.71. The van der Waals surface area contributed by atoms with Crippen LogP contribution in [0.15, 0.2) is 12.3 Å². The Balaban J connectivity index is 3.00. The highest BCUT2D eigenvalue weighted by molar-refractivity contribution is 5.57. The van der Waals surface area contributed by atoms with Crippen molar-refractivity contribution in [2.75, 3.05) is 24.6 Å². The van der Waals surface area contributed by atoms with E-state index in [1.54, 1.807) is 6.20 Å². The molecule has 1 aromatic rings. The lowest BCUT2D eigenvalue weighted by Gasteiger charge is -2.22. The van der Waals surface area contributed by atoms with Gasteiger partial charge in [0.05, 0.1) is 5.56 Å². The van der Waals surface area contributed by atoms with E-state index in [9.17, 15) is 0 Å².